The molecule has 0 saturated carbocycles. The van der Waals surface area contributed by atoms with Gasteiger partial charge >= 0.3 is 0 Å². The fourth-order valence-corrected chi connectivity index (χ4v) is 4.20. The number of hydrogen-bond donors (Lipinski definition) is 1. The fraction of sp³-hybridized carbons (Fsp3) is 1.00. The Kier molecular flexibility index (Phi) is 8.84. The number of nitrogens with one attached hydrogen (secondary N) is 1. The molecule has 120 valence electrons. The molecule has 1 fully saturated rings. The van der Waals surface area contributed by atoms with Crippen LogP contribution in [-0.2, 0) is 0 Å². The van der Waals surface area contributed by atoms with E-state index in [1.807, 2.05) is 0 Å². The second kappa shape index (κ2) is 9.82. The van der Waals surface area contributed by atoms with Crippen molar-refractivity contribution in [2.24, 2.45) is 29.6 Å². The molecule has 1 heteroatoms. The Bertz CT molecular complexity index is 214. The molecular weight excluding hydrogens is 242 g/mol. The zero-order chi connectivity index (χ0) is 15.0. The summed E-state index contributed by atoms with van der Waals surface area (Å²) in [5, 5.41) is 3.73. The Hall–Kier alpha value is -0.0400. The molecule has 0 bridgehead atoms. The summed E-state index contributed by atoms with van der Waals surface area (Å²) in [6, 6.07) is 0. The van der Waals surface area contributed by atoms with Crippen molar-refractivity contribution in [1.82, 2.24) is 5.32 Å². The highest BCUT2D eigenvalue weighted by Crippen LogP contribution is 2.33. The van der Waals surface area contributed by atoms with Gasteiger partial charge in [0.15, 0.2) is 0 Å². The molecule has 1 aliphatic rings. The Morgan fingerprint density at radius 3 is 1.95 bits per heavy atom. The summed E-state index contributed by atoms with van der Waals surface area (Å²) in [7, 11) is 0. The van der Waals surface area contributed by atoms with Crippen molar-refractivity contribution >= 4 is 0 Å². The lowest BCUT2D eigenvalue weighted by atomic mass is 9.77. The minimum absolute atomic E-state index is 0.843. The SMILES string of the molecule is CCCC1CC(C)CC(CCC)C(C)CNCCC1C. The Balaban J connectivity index is 2.68. The van der Waals surface area contributed by atoms with Crippen molar-refractivity contribution in [1.29, 1.82) is 0 Å². The summed E-state index contributed by atoms with van der Waals surface area (Å²) >= 11 is 0. The van der Waals surface area contributed by atoms with Gasteiger partial charge in [0.05, 0.1) is 0 Å². The standard InChI is InChI=1S/C19H39N/c1-6-8-18-12-15(3)13-19(9-7-2)17(5)14-20-11-10-16(18)4/h15-20H,6-14H2,1-5H3. The molecule has 0 amide bonds. The summed E-state index contributed by atoms with van der Waals surface area (Å²) in [6.45, 7) is 14.6. The van der Waals surface area contributed by atoms with Crippen molar-refractivity contribution in [3.05, 3.63) is 0 Å². The number of hydrogen-bond acceptors (Lipinski definition) is 1. The third-order valence-electron chi connectivity index (χ3n) is 5.58. The average molecular weight is 282 g/mol. The van der Waals surface area contributed by atoms with E-state index < -0.39 is 0 Å². The minimum Gasteiger partial charge on any atom is -0.316 e. The zero-order valence-electron chi connectivity index (χ0n) is 14.8. The predicted octanol–water partition coefficient (Wildman–Crippen LogP) is 5.50. The van der Waals surface area contributed by atoms with Crippen LogP contribution in [0, 0.1) is 29.6 Å². The lowest BCUT2D eigenvalue weighted by Crippen LogP contribution is -2.28. The van der Waals surface area contributed by atoms with E-state index in [0.29, 0.717) is 0 Å². The van der Waals surface area contributed by atoms with Crippen LogP contribution < -0.4 is 5.32 Å². The van der Waals surface area contributed by atoms with Gasteiger partial charge in [-0.25, -0.2) is 0 Å². The molecule has 1 heterocycles. The highest BCUT2D eigenvalue weighted by atomic mass is 14.9. The molecule has 1 nitrogen and oxygen atoms in total. The molecule has 1 saturated heterocycles. The summed E-state index contributed by atoms with van der Waals surface area (Å²) in [5.41, 5.74) is 0. The maximum atomic E-state index is 3.73. The normalized spacial score (nSPS) is 37.4. The molecule has 5 atom stereocenters. The van der Waals surface area contributed by atoms with Crippen molar-refractivity contribution in [3.63, 3.8) is 0 Å². The van der Waals surface area contributed by atoms with E-state index in [1.54, 1.807) is 0 Å². The van der Waals surface area contributed by atoms with Crippen molar-refractivity contribution in [3.8, 4) is 0 Å². The van der Waals surface area contributed by atoms with E-state index in [4.69, 9.17) is 0 Å². The topological polar surface area (TPSA) is 12.0 Å². The van der Waals surface area contributed by atoms with Crippen LogP contribution in [-0.4, -0.2) is 13.1 Å². The van der Waals surface area contributed by atoms with Crippen LogP contribution in [0.4, 0.5) is 0 Å². The van der Waals surface area contributed by atoms with Gasteiger partial charge in [-0.05, 0) is 61.9 Å². The molecular formula is C19H39N. The Morgan fingerprint density at radius 2 is 1.40 bits per heavy atom. The van der Waals surface area contributed by atoms with Crippen LogP contribution in [0.3, 0.4) is 0 Å². The molecule has 0 aromatic rings. The lowest BCUT2D eigenvalue weighted by molar-refractivity contribution is 0.222. The highest BCUT2D eigenvalue weighted by Gasteiger charge is 2.24. The van der Waals surface area contributed by atoms with Gasteiger partial charge in [-0.2, -0.15) is 0 Å². The first-order chi connectivity index (χ1) is 9.58. The highest BCUT2D eigenvalue weighted by molar-refractivity contribution is 4.77. The quantitative estimate of drug-likeness (QED) is 0.717. The second-order valence-electron chi connectivity index (χ2n) is 7.62. The van der Waals surface area contributed by atoms with Gasteiger partial charge in [-0.1, -0.05) is 60.3 Å². The molecule has 0 aliphatic carbocycles. The lowest BCUT2D eigenvalue weighted by Gasteiger charge is -2.29. The molecule has 1 aliphatic heterocycles. The molecule has 5 unspecified atom stereocenters. The number of rotatable bonds is 4. The zero-order valence-corrected chi connectivity index (χ0v) is 14.8. The predicted molar refractivity (Wildman–Crippen MR) is 91.0 cm³/mol. The largest absolute Gasteiger partial charge is 0.316 e. The van der Waals surface area contributed by atoms with Crippen molar-refractivity contribution < 1.29 is 0 Å². The Morgan fingerprint density at radius 1 is 0.850 bits per heavy atom. The molecule has 1 N–H and O–H groups in total. The van der Waals surface area contributed by atoms with Crippen molar-refractivity contribution in [2.75, 3.05) is 13.1 Å². The van der Waals surface area contributed by atoms with Crippen LogP contribution in [0.2, 0.25) is 0 Å². The fourth-order valence-electron chi connectivity index (χ4n) is 4.20. The van der Waals surface area contributed by atoms with Gasteiger partial charge < -0.3 is 5.32 Å². The van der Waals surface area contributed by atoms with E-state index in [1.165, 1.54) is 58.0 Å². The van der Waals surface area contributed by atoms with E-state index in [2.05, 4.69) is 39.9 Å². The van der Waals surface area contributed by atoms with Gasteiger partial charge in [0.25, 0.3) is 0 Å². The smallest absolute Gasteiger partial charge is 0.00205 e. The minimum atomic E-state index is 0.843. The van der Waals surface area contributed by atoms with Crippen LogP contribution in [0.25, 0.3) is 0 Å². The van der Waals surface area contributed by atoms with Crippen LogP contribution in [0.5, 0.6) is 0 Å². The third kappa shape index (κ3) is 6.16. The van der Waals surface area contributed by atoms with E-state index >= 15 is 0 Å². The summed E-state index contributed by atoms with van der Waals surface area (Å²) in [4.78, 5) is 0. The second-order valence-corrected chi connectivity index (χ2v) is 7.62. The van der Waals surface area contributed by atoms with Gasteiger partial charge in [-0.3, -0.25) is 0 Å². The molecule has 0 aromatic heterocycles. The van der Waals surface area contributed by atoms with Gasteiger partial charge in [0.1, 0.15) is 0 Å². The summed E-state index contributed by atoms with van der Waals surface area (Å²) in [5.74, 6) is 4.52. The van der Waals surface area contributed by atoms with E-state index in [-0.39, 0.29) is 0 Å². The van der Waals surface area contributed by atoms with Crippen LogP contribution in [0.1, 0.15) is 79.6 Å². The van der Waals surface area contributed by atoms with Crippen LogP contribution >= 0.6 is 0 Å². The van der Waals surface area contributed by atoms with E-state index in [9.17, 15) is 0 Å². The summed E-state index contributed by atoms with van der Waals surface area (Å²) in [6.07, 6.45) is 9.81. The van der Waals surface area contributed by atoms with Gasteiger partial charge in [0, 0.05) is 0 Å². The van der Waals surface area contributed by atoms with E-state index in [0.717, 1.165) is 29.6 Å². The van der Waals surface area contributed by atoms with Crippen LogP contribution in [0.15, 0.2) is 0 Å². The third-order valence-corrected chi connectivity index (χ3v) is 5.58. The molecule has 0 spiro atoms. The maximum Gasteiger partial charge on any atom is -0.00205 e. The molecule has 20 heavy (non-hydrogen) atoms. The molecule has 0 radical (unpaired) electrons. The van der Waals surface area contributed by atoms with Crippen molar-refractivity contribution in [2.45, 2.75) is 79.6 Å². The first-order valence-electron chi connectivity index (χ1n) is 9.29. The average Bonchev–Trinajstić information content (AvgIpc) is 2.43. The van der Waals surface area contributed by atoms with Gasteiger partial charge in [0.2, 0.25) is 0 Å². The maximum absolute atomic E-state index is 3.73. The molecule has 1 rings (SSSR count). The first-order valence-corrected chi connectivity index (χ1v) is 9.29. The Labute approximate surface area is 128 Å². The summed E-state index contributed by atoms with van der Waals surface area (Å²) < 4.78 is 0. The molecule has 0 aromatic carbocycles. The monoisotopic (exact) mass is 281 g/mol. The first kappa shape index (κ1) is 18.0. The van der Waals surface area contributed by atoms with Gasteiger partial charge in [-0.15, -0.1) is 0 Å².